The highest BCUT2D eigenvalue weighted by molar-refractivity contribution is 7.12. The van der Waals surface area contributed by atoms with Crippen molar-refractivity contribution in [1.82, 2.24) is 10.2 Å². The summed E-state index contributed by atoms with van der Waals surface area (Å²) >= 11 is 1.53. The quantitative estimate of drug-likeness (QED) is 0.481. The molecule has 0 bridgehead atoms. The number of carbonyl (C=O) groups is 3. The topological polar surface area (TPSA) is 66.5 Å². The lowest BCUT2D eigenvalue weighted by Crippen LogP contribution is -2.46. The van der Waals surface area contributed by atoms with E-state index in [1.54, 1.807) is 0 Å². The van der Waals surface area contributed by atoms with Gasteiger partial charge in [-0.05, 0) is 31.0 Å². The van der Waals surface area contributed by atoms with Crippen LogP contribution in [0.4, 0.5) is 4.79 Å². The molecule has 2 aromatic carbocycles. The summed E-state index contributed by atoms with van der Waals surface area (Å²) in [5.41, 5.74) is 0.954. The number of Topliss-reactive ketones (excluding diaryl/α,β-unsaturated/α-hetero) is 1. The molecule has 1 aliphatic rings. The molecule has 2 heterocycles. The second-order valence-electron chi connectivity index (χ2n) is 7.51. The summed E-state index contributed by atoms with van der Waals surface area (Å²) in [6.45, 7) is 3.54. The molecule has 1 aliphatic heterocycles. The fraction of sp³-hybridized carbons (Fsp3) is 0.208. The van der Waals surface area contributed by atoms with Gasteiger partial charge in [-0.3, -0.25) is 14.5 Å². The predicted octanol–water partition coefficient (Wildman–Crippen LogP) is 4.24. The van der Waals surface area contributed by atoms with E-state index < -0.39 is 17.5 Å². The summed E-state index contributed by atoms with van der Waals surface area (Å²) in [7, 11) is 0. The molecule has 3 amide bonds. The number of benzene rings is 2. The van der Waals surface area contributed by atoms with Crippen molar-refractivity contribution >= 4 is 29.1 Å². The second-order valence-corrected chi connectivity index (χ2v) is 8.97. The Kier molecular flexibility index (Phi) is 5.26. The highest BCUT2D eigenvalue weighted by Gasteiger charge is 2.52. The molecule has 1 fully saturated rings. The lowest BCUT2D eigenvalue weighted by molar-refractivity contribution is -0.131. The number of ketones is 1. The van der Waals surface area contributed by atoms with Gasteiger partial charge in [0.25, 0.3) is 5.91 Å². The van der Waals surface area contributed by atoms with Crippen LogP contribution in [0.5, 0.6) is 0 Å². The minimum absolute atomic E-state index is 0.232. The van der Waals surface area contributed by atoms with E-state index in [4.69, 9.17) is 0 Å². The van der Waals surface area contributed by atoms with Gasteiger partial charge in [-0.1, -0.05) is 60.7 Å². The van der Waals surface area contributed by atoms with Crippen molar-refractivity contribution in [3.05, 3.63) is 93.2 Å². The molecule has 4 rings (SSSR count). The Balaban J connectivity index is 1.68. The Hall–Kier alpha value is -3.25. The van der Waals surface area contributed by atoms with E-state index in [2.05, 4.69) is 5.32 Å². The Labute approximate surface area is 179 Å². The van der Waals surface area contributed by atoms with Crippen LogP contribution in [0, 0.1) is 13.8 Å². The average Bonchev–Trinajstić information content (AvgIpc) is 3.20. The SMILES string of the molecule is Cc1cc(C(=O)CN2C(=O)N[C@@](Cc3ccccc3)(c3ccccc3)C2=O)c(C)s1. The third kappa shape index (κ3) is 3.55. The molecule has 1 atom stereocenters. The average molecular weight is 419 g/mol. The maximum absolute atomic E-state index is 13.6. The first-order chi connectivity index (χ1) is 14.4. The number of rotatable bonds is 6. The van der Waals surface area contributed by atoms with E-state index in [0.29, 0.717) is 17.5 Å². The van der Waals surface area contributed by atoms with Crippen LogP contribution in [0.2, 0.25) is 0 Å². The van der Waals surface area contributed by atoms with Crippen molar-refractivity contribution in [2.45, 2.75) is 25.8 Å². The summed E-state index contributed by atoms with van der Waals surface area (Å²) in [5.74, 6) is -0.635. The third-order valence-electron chi connectivity index (χ3n) is 5.40. The van der Waals surface area contributed by atoms with Crippen molar-refractivity contribution in [2.75, 3.05) is 6.54 Å². The number of aryl methyl sites for hydroxylation is 2. The maximum atomic E-state index is 13.6. The lowest BCUT2D eigenvalue weighted by atomic mass is 9.83. The zero-order valence-corrected chi connectivity index (χ0v) is 17.7. The fourth-order valence-corrected chi connectivity index (χ4v) is 4.89. The number of urea groups is 1. The predicted molar refractivity (Wildman–Crippen MR) is 117 cm³/mol. The van der Waals surface area contributed by atoms with Crippen molar-refractivity contribution < 1.29 is 14.4 Å². The van der Waals surface area contributed by atoms with Gasteiger partial charge < -0.3 is 5.32 Å². The van der Waals surface area contributed by atoms with Gasteiger partial charge in [0.15, 0.2) is 11.3 Å². The lowest BCUT2D eigenvalue weighted by Gasteiger charge is -2.27. The smallest absolute Gasteiger partial charge is 0.319 e. The van der Waals surface area contributed by atoms with E-state index in [1.807, 2.05) is 80.6 Å². The van der Waals surface area contributed by atoms with Gasteiger partial charge in [0.1, 0.15) is 0 Å². The molecule has 1 aromatic heterocycles. The largest absolute Gasteiger partial charge is 0.325 e. The zero-order valence-electron chi connectivity index (χ0n) is 16.8. The second kappa shape index (κ2) is 7.88. The molecule has 0 unspecified atom stereocenters. The number of carbonyl (C=O) groups excluding carboxylic acids is 3. The molecular formula is C24H22N2O3S. The van der Waals surface area contributed by atoms with E-state index in [-0.39, 0.29) is 12.3 Å². The van der Waals surface area contributed by atoms with Gasteiger partial charge in [-0.15, -0.1) is 11.3 Å². The van der Waals surface area contributed by atoms with Crippen LogP contribution in [0.3, 0.4) is 0 Å². The molecular weight excluding hydrogens is 396 g/mol. The Morgan fingerprint density at radius 3 is 2.23 bits per heavy atom. The van der Waals surface area contributed by atoms with Gasteiger partial charge in [-0.25, -0.2) is 4.79 Å². The van der Waals surface area contributed by atoms with Crippen molar-refractivity contribution in [3.8, 4) is 0 Å². The van der Waals surface area contributed by atoms with Crippen molar-refractivity contribution in [2.24, 2.45) is 0 Å². The highest BCUT2D eigenvalue weighted by atomic mass is 32.1. The summed E-state index contributed by atoms with van der Waals surface area (Å²) in [6.07, 6.45) is 0.309. The molecule has 1 N–H and O–H groups in total. The van der Waals surface area contributed by atoms with Crippen LogP contribution in [-0.4, -0.2) is 29.2 Å². The third-order valence-corrected chi connectivity index (χ3v) is 6.36. The summed E-state index contributed by atoms with van der Waals surface area (Å²) in [5, 5.41) is 2.90. The summed E-state index contributed by atoms with van der Waals surface area (Å²) in [4.78, 5) is 42.3. The van der Waals surface area contributed by atoms with Crippen LogP contribution in [-0.2, 0) is 16.8 Å². The number of thiophene rings is 1. The zero-order chi connectivity index (χ0) is 21.3. The fourth-order valence-electron chi connectivity index (χ4n) is 3.95. The van der Waals surface area contributed by atoms with Crippen molar-refractivity contribution in [1.29, 1.82) is 0 Å². The number of imide groups is 1. The van der Waals surface area contributed by atoms with E-state index >= 15 is 0 Å². The first kappa shape index (κ1) is 20.0. The van der Waals surface area contributed by atoms with Gasteiger partial charge in [-0.2, -0.15) is 0 Å². The molecule has 5 nitrogen and oxygen atoms in total. The Bertz CT molecular complexity index is 1110. The Morgan fingerprint density at radius 2 is 1.63 bits per heavy atom. The normalized spacial score (nSPS) is 18.5. The number of hydrogen-bond acceptors (Lipinski definition) is 4. The molecule has 0 saturated carbocycles. The number of amides is 3. The van der Waals surface area contributed by atoms with E-state index in [1.165, 1.54) is 11.3 Å². The molecule has 6 heteroatoms. The van der Waals surface area contributed by atoms with Crippen LogP contribution >= 0.6 is 11.3 Å². The highest BCUT2D eigenvalue weighted by Crippen LogP contribution is 2.33. The Morgan fingerprint density at radius 1 is 1.00 bits per heavy atom. The van der Waals surface area contributed by atoms with E-state index in [9.17, 15) is 14.4 Å². The summed E-state index contributed by atoms with van der Waals surface area (Å²) < 4.78 is 0. The van der Waals surface area contributed by atoms with Crippen LogP contribution in [0.1, 0.15) is 31.2 Å². The number of hydrogen-bond donors (Lipinski definition) is 1. The van der Waals surface area contributed by atoms with Crippen LogP contribution in [0.25, 0.3) is 0 Å². The van der Waals surface area contributed by atoms with Crippen LogP contribution in [0.15, 0.2) is 66.7 Å². The standard InChI is InChI=1S/C24H22N2O3S/c1-16-13-20(17(2)30-16)21(27)15-26-22(28)24(25-23(26)29,19-11-7-4-8-12-19)14-18-9-5-3-6-10-18/h3-13H,14-15H2,1-2H3,(H,25,29)/t24-/m0/s1. The van der Waals surface area contributed by atoms with Gasteiger partial charge in [0.05, 0.1) is 6.54 Å². The minimum atomic E-state index is -1.24. The van der Waals surface area contributed by atoms with Gasteiger partial charge >= 0.3 is 6.03 Å². The van der Waals surface area contributed by atoms with E-state index in [0.717, 1.165) is 20.2 Å². The maximum Gasteiger partial charge on any atom is 0.325 e. The number of nitrogens with zero attached hydrogens (tertiary/aromatic N) is 1. The molecule has 152 valence electrons. The summed E-state index contributed by atoms with van der Waals surface area (Å²) in [6, 6.07) is 20.0. The van der Waals surface area contributed by atoms with Gasteiger partial charge in [0.2, 0.25) is 0 Å². The molecule has 30 heavy (non-hydrogen) atoms. The number of nitrogens with one attached hydrogen (secondary N) is 1. The first-order valence-corrected chi connectivity index (χ1v) is 10.6. The minimum Gasteiger partial charge on any atom is -0.319 e. The monoisotopic (exact) mass is 418 g/mol. The first-order valence-electron chi connectivity index (χ1n) is 9.74. The molecule has 0 aliphatic carbocycles. The van der Waals surface area contributed by atoms with Gasteiger partial charge in [0, 0.05) is 21.7 Å². The molecule has 0 spiro atoms. The van der Waals surface area contributed by atoms with Crippen LogP contribution < -0.4 is 5.32 Å². The molecule has 0 radical (unpaired) electrons. The van der Waals surface area contributed by atoms with Crippen molar-refractivity contribution in [3.63, 3.8) is 0 Å². The molecule has 3 aromatic rings. The molecule has 1 saturated heterocycles.